The largest absolute Gasteiger partial charge is 0.495 e. The topological polar surface area (TPSA) is 64.0 Å². The molecule has 128 valence electrons. The molecule has 3 rings (SSSR count). The van der Waals surface area contributed by atoms with Crippen molar-refractivity contribution in [3.63, 3.8) is 0 Å². The molecule has 0 fully saturated rings. The molecule has 0 radical (unpaired) electrons. The van der Waals surface area contributed by atoms with Gasteiger partial charge in [0, 0.05) is 0 Å². The zero-order chi connectivity index (χ0) is 17.6. The third kappa shape index (κ3) is 4.33. The van der Waals surface area contributed by atoms with Gasteiger partial charge < -0.3 is 10.1 Å². The van der Waals surface area contributed by atoms with E-state index in [9.17, 15) is 0 Å². The average molecular weight is 353 g/mol. The Balaban J connectivity index is 1.63. The first-order valence-electron chi connectivity index (χ1n) is 7.80. The van der Waals surface area contributed by atoms with Crippen molar-refractivity contribution in [2.24, 2.45) is 0 Å². The van der Waals surface area contributed by atoms with Crippen LogP contribution in [-0.4, -0.2) is 27.0 Å². The zero-order valence-corrected chi connectivity index (χ0v) is 14.9. The first-order chi connectivity index (χ1) is 12.2. The summed E-state index contributed by atoms with van der Waals surface area (Å²) in [6.07, 6.45) is 1.68. The number of nitrogens with zero attached hydrogens (tertiary/aromatic N) is 3. The van der Waals surface area contributed by atoms with Gasteiger partial charge in [0.1, 0.15) is 12.1 Å². The molecule has 0 aliphatic carbocycles. The number of anilines is 2. The second-order valence-electron chi connectivity index (χ2n) is 5.47. The fourth-order valence-electron chi connectivity index (χ4n) is 2.39. The van der Waals surface area contributed by atoms with Gasteiger partial charge in [0.15, 0.2) is 5.11 Å². The van der Waals surface area contributed by atoms with Crippen molar-refractivity contribution in [1.29, 1.82) is 0 Å². The summed E-state index contributed by atoms with van der Waals surface area (Å²) in [5.74, 6) is 1.16. The van der Waals surface area contributed by atoms with Crippen LogP contribution in [-0.2, 0) is 6.54 Å². The predicted molar refractivity (Wildman–Crippen MR) is 103 cm³/mol. The molecule has 6 nitrogen and oxygen atoms in total. The smallest absolute Gasteiger partial charge is 0.248 e. The number of aromatic nitrogens is 3. The maximum atomic E-state index is 5.32. The van der Waals surface area contributed by atoms with Crippen LogP contribution in [0.4, 0.5) is 11.6 Å². The van der Waals surface area contributed by atoms with Crippen molar-refractivity contribution in [2.75, 3.05) is 17.7 Å². The number of nitrogens with one attached hydrogen (secondary N) is 2. The molecule has 0 atom stereocenters. The molecule has 0 spiro atoms. The van der Waals surface area contributed by atoms with Gasteiger partial charge >= 0.3 is 0 Å². The number of thiocarbonyl (C=S) groups is 1. The molecule has 7 heteroatoms. The molecule has 1 heterocycles. The molecular weight excluding hydrogens is 334 g/mol. The summed E-state index contributed by atoms with van der Waals surface area (Å²) >= 11 is 5.32. The van der Waals surface area contributed by atoms with E-state index in [1.807, 2.05) is 36.4 Å². The minimum absolute atomic E-state index is 0.401. The summed E-state index contributed by atoms with van der Waals surface area (Å²) in [6.45, 7) is 2.74. The van der Waals surface area contributed by atoms with Gasteiger partial charge in [-0.1, -0.05) is 36.4 Å². The summed E-state index contributed by atoms with van der Waals surface area (Å²) in [5.41, 5.74) is 3.20. The first kappa shape index (κ1) is 16.9. The molecule has 25 heavy (non-hydrogen) atoms. The number of rotatable bonds is 5. The van der Waals surface area contributed by atoms with E-state index in [1.54, 1.807) is 18.1 Å². The van der Waals surface area contributed by atoms with Crippen molar-refractivity contribution in [2.45, 2.75) is 13.5 Å². The van der Waals surface area contributed by atoms with Crippen molar-refractivity contribution in [3.8, 4) is 5.75 Å². The van der Waals surface area contributed by atoms with Crippen LogP contribution < -0.4 is 15.4 Å². The van der Waals surface area contributed by atoms with E-state index >= 15 is 0 Å². The number of methoxy groups -OCH3 is 1. The number of hydrogen-bond acceptors (Lipinski definition) is 4. The third-order valence-corrected chi connectivity index (χ3v) is 3.91. The minimum Gasteiger partial charge on any atom is -0.495 e. The van der Waals surface area contributed by atoms with E-state index in [2.05, 4.69) is 39.8 Å². The monoisotopic (exact) mass is 353 g/mol. The van der Waals surface area contributed by atoms with E-state index in [0.717, 1.165) is 5.69 Å². The number of hydrogen-bond donors (Lipinski definition) is 2. The fraction of sp³-hybridized carbons (Fsp3) is 0.167. The standard InChI is InChI=1S/C18H19N5OS/c1-13-7-3-4-8-14(13)11-23-12-19-17(22-23)21-18(25)20-15-9-5-6-10-16(15)24-2/h3-10,12H,11H2,1-2H3,(H2,20,21,22,25). The Morgan fingerprint density at radius 3 is 2.68 bits per heavy atom. The van der Waals surface area contributed by atoms with Crippen molar-refractivity contribution >= 4 is 29.0 Å². The molecule has 3 aromatic rings. The molecule has 1 aromatic heterocycles. The second kappa shape index (κ2) is 7.76. The average Bonchev–Trinajstić information content (AvgIpc) is 3.04. The Hall–Kier alpha value is -2.93. The lowest BCUT2D eigenvalue weighted by atomic mass is 10.1. The lowest BCUT2D eigenvalue weighted by molar-refractivity contribution is 0.417. The SMILES string of the molecule is COc1ccccc1NC(=S)Nc1ncn(Cc2ccccc2C)n1. The van der Waals surface area contributed by atoms with Crippen molar-refractivity contribution < 1.29 is 4.74 Å². The van der Waals surface area contributed by atoms with Crippen LogP contribution in [0.15, 0.2) is 54.9 Å². The maximum Gasteiger partial charge on any atom is 0.248 e. The van der Waals surface area contributed by atoms with E-state index < -0.39 is 0 Å². The predicted octanol–water partition coefficient (Wildman–Crippen LogP) is 3.45. The van der Waals surface area contributed by atoms with E-state index in [0.29, 0.717) is 23.4 Å². The second-order valence-corrected chi connectivity index (χ2v) is 5.88. The molecule has 0 saturated carbocycles. The fourth-order valence-corrected chi connectivity index (χ4v) is 2.59. The van der Waals surface area contributed by atoms with Crippen LogP contribution in [0.25, 0.3) is 0 Å². The van der Waals surface area contributed by atoms with Gasteiger partial charge in [-0.15, -0.1) is 5.10 Å². The van der Waals surface area contributed by atoms with E-state index in [1.165, 1.54) is 11.1 Å². The minimum atomic E-state index is 0.401. The number of benzene rings is 2. The number of aryl methyl sites for hydroxylation is 1. The normalized spacial score (nSPS) is 10.3. The van der Waals surface area contributed by atoms with Gasteiger partial charge in [0.05, 0.1) is 19.3 Å². The summed E-state index contributed by atoms with van der Waals surface area (Å²) in [6, 6.07) is 15.8. The summed E-state index contributed by atoms with van der Waals surface area (Å²) in [5, 5.41) is 10.9. The molecule has 2 N–H and O–H groups in total. The Labute approximate surface area is 151 Å². The third-order valence-electron chi connectivity index (χ3n) is 3.71. The van der Waals surface area contributed by atoms with Crippen LogP contribution in [0, 0.1) is 6.92 Å². The molecule has 0 aliphatic heterocycles. The Bertz CT molecular complexity index is 877. The van der Waals surface area contributed by atoms with Crippen LogP contribution in [0.2, 0.25) is 0 Å². The van der Waals surface area contributed by atoms with Crippen LogP contribution in [0.3, 0.4) is 0 Å². The van der Waals surface area contributed by atoms with Gasteiger partial charge in [-0.25, -0.2) is 9.67 Å². The molecule has 2 aromatic carbocycles. The van der Waals surface area contributed by atoms with Crippen LogP contribution in [0.5, 0.6) is 5.75 Å². The van der Waals surface area contributed by atoms with Crippen molar-refractivity contribution in [1.82, 2.24) is 14.8 Å². The highest BCUT2D eigenvalue weighted by atomic mass is 32.1. The number of ether oxygens (including phenoxy) is 1. The van der Waals surface area contributed by atoms with Crippen molar-refractivity contribution in [3.05, 3.63) is 66.0 Å². The Morgan fingerprint density at radius 1 is 1.12 bits per heavy atom. The highest BCUT2D eigenvalue weighted by Crippen LogP contribution is 2.23. The lowest BCUT2D eigenvalue weighted by Gasteiger charge is -2.11. The molecular formula is C18H19N5OS. The highest BCUT2D eigenvalue weighted by molar-refractivity contribution is 7.80. The molecule has 0 bridgehead atoms. The maximum absolute atomic E-state index is 5.32. The molecule has 0 saturated heterocycles. The Kier molecular flexibility index (Phi) is 5.25. The molecule has 0 unspecified atom stereocenters. The molecule has 0 amide bonds. The highest BCUT2D eigenvalue weighted by Gasteiger charge is 2.07. The Morgan fingerprint density at radius 2 is 1.88 bits per heavy atom. The van der Waals surface area contributed by atoms with Gasteiger partial charge in [-0.05, 0) is 42.4 Å². The van der Waals surface area contributed by atoms with Gasteiger partial charge in [0.25, 0.3) is 0 Å². The van der Waals surface area contributed by atoms with E-state index in [4.69, 9.17) is 17.0 Å². The van der Waals surface area contributed by atoms with Gasteiger partial charge in [0.2, 0.25) is 5.95 Å². The summed E-state index contributed by atoms with van der Waals surface area (Å²) in [7, 11) is 1.62. The first-order valence-corrected chi connectivity index (χ1v) is 8.21. The van der Waals surface area contributed by atoms with Gasteiger partial charge in [-0.2, -0.15) is 0 Å². The van der Waals surface area contributed by atoms with Gasteiger partial charge in [-0.3, -0.25) is 5.32 Å². The summed E-state index contributed by atoms with van der Waals surface area (Å²) < 4.78 is 7.07. The zero-order valence-electron chi connectivity index (χ0n) is 14.1. The molecule has 0 aliphatic rings. The van der Waals surface area contributed by atoms with Crippen LogP contribution in [0.1, 0.15) is 11.1 Å². The quantitative estimate of drug-likeness (QED) is 0.685. The van der Waals surface area contributed by atoms with E-state index in [-0.39, 0.29) is 0 Å². The summed E-state index contributed by atoms with van der Waals surface area (Å²) in [4.78, 5) is 4.25. The lowest BCUT2D eigenvalue weighted by Crippen LogP contribution is -2.20. The van der Waals surface area contributed by atoms with Crippen LogP contribution >= 0.6 is 12.2 Å². The number of para-hydroxylation sites is 2.